The van der Waals surface area contributed by atoms with E-state index in [1.54, 1.807) is 6.92 Å². The number of aryl methyl sites for hydroxylation is 1. The van der Waals surface area contributed by atoms with Crippen LogP contribution in [-0.4, -0.2) is 31.2 Å². The molecule has 1 unspecified atom stereocenters. The molecule has 86 valence electrons. The summed E-state index contributed by atoms with van der Waals surface area (Å²) in [7, 11) is 0. The van der Waals surface area contributed by atoms with Crippen molar-refractivity contribution in [3.63, 3.8) is 0 Å². The number of hydrogen-bond donors (Lipinski definition) is 3. The minimum absolute atomic E-state index is 0.249. The number of hydrogen-bond acceptors (Lipinski definition) is 5. The second kappa shape index (κ2) is 4.03. The Balaban J connectivity index is 2.51. The van der Waals surface area contributed by atoms with E-state index in [1.807, 2.05) is 0 Å². The smallest absolute Gasteiger partial charge is 0.274 e. The molecule has 0 aromatic carbocycles. The van der Waals surface area contributed by atoms with Gasteiger partial charge >= 0.3 is 0 Å². The summed E-state index contributed by atoms with van der Waals surface area (Å²) in [6, 6.07) is 1.39. The van der Waals surface area contributed by atoms with Gasteiger partial charge in [0.2, 0.25) is 0 Å². The summed E-state index contributed by atoms with van der Waals surface area (Å²) in [6.45, 7) is 2.06. The van der Waals surface area contributed by atoms with Crippen molar-refractivity contribution in [2.45, 2.75) is 19.4 Å². The Morgan fingerprint density at radius 3 is 3.06 bits per heavy atom. The Morgan fingerprint density at radius 1 is 1.62 bits per heavy atom. The quantitative estimate of drug-likeness (QED) is 0.625. The van der Waals surface area contributed by atoms with Crippen molar-refractivity contribution in [3.8, 4) is 0 Å². The molecule has 2 aromatic rings. The molecule has 2 heterocycles. The number of nitrogens with one attached hydrogen (secondary N) is 1. The van der Waals surface area contributed by atoms with Crippen molar-refractivity contribution in [1.29, 1.82) is 0 Å². The third-order valence-electron chi connectivity index (χ3n) is 2.23. The summed E-state index contributed by atoms with van der Waals surface area (Å²) in [6.07, 6.45) is -0.417. The van der Waals surface area contributed by atoms with Crippen LogP contribution in [0.5, 0.6) is 0 Å². The number of fused-ring (bicyclic) bond motifs is 1. The zero-order valence-electron chi connectivity index (χ0n) is 8.84. The largest absolute Gasteiger partial charge is 0.385 e. The molecular formula is C9H13N5O2. The lowest BCUT2D eigenvalue weighted by Crippen LogP contribution is -2.15. The van der Waals surface area contributed by atoms with Gasteiger partial charge in [-0.05, 0) is 19.9 Å². The number of aromatic nitrogens is 4. The second-order valence-corrected chi connectivity index (χ2v) is 3.57. The van der Waals surface area contributed by atoms with Crippen LogP contribution in [0.15, 0.2) is 10.9 Å². The SMILES string of the molecule is Cc1cc(=O)n2[nH]c(C(O)CCN)nc2n1. The average Bonchev–Trinajstić information content (AvgIpc) is 2.62. The van der Waals surface area contributed by atoms with Crippen LogP contribution < -0.4 is 11.3 Å². The Bertz CT molecular complexity index is 559. The molecule has 2 rings (SSSR count). The van der Waals surface area contributed by atoms with Gasteiger partial charge in [-0.15, -0.1) is 0 Å². The number of aliphatic hydroxyl groups is 1. The maximum absolute atomic E-state index is 11.5. The van der Waals surface area contributed by atoms with Crippen molar-refractivity contribution in [2.75, 3.05) is 6.54 Å². The van der Waals surface area contributed by atoms with Crippen LogP contribution in [0, 0.1) is 6.92 Å². The first kappa shape index (κ1) is 10.8. The molecule has 0 aliphatic carbocycles. The van der Waals surface area contributed by atoms with E-state index in [0.29, 0.717) is 24.5 Å². The number of aliphatic hydroxyl groups excluding tert-OH is 1. The van der Waals surface area contributed by atoms with E-state index in [0.717, 1.165) is 0 Å². The van der Waals surface area contributed by atoms with Crippen LogP contribution in [0.2, 0.25) is 0 Å². The summed E-state index contributed by atoms with van der Waals surface area (Å²) in [4.78, 5) is 19.7. The molecule has 7 heteroatoms. The van der Waals surface area contributed by atoms with Crippen LogP contribution >= 0.6 is 0 Å². The van der Waals surface area contributed by atoms with E-state index in [2.05, 4.69) is 15.1 Å². The van der Waals surface area contributed by atoms with E-state index in [4.69, 9.17) is 5.73 Å². The highest BCUT2D eigenvalue weighted by atomic mass is 16.3. The second-order valence-electron chi connectivity index (χ2n) is 3.57. The number of nitrogens with two attached hydrogens (primary N) is 1. The van der Waals surface area contributed by atoms with Gasteiger partial charge in [-0.1, -0.05) is 0 Å². The van der Waals surface area contributed by atoms with Crippen LogP contribution in [0.1, 0.15) is 24.0 Å². The highest BCUT2D eigenvalue weighted by Crippen LogP contribution is 2.10. The number of nitrogens with zero attached hydrogens (tertiary/aromatic N) is 3. The molecule has 0 saturated carbocycles. The van der Waals surface area contributed by atoms with E-state index >= 15 is 0 Å². The number of H-pyrrole nitrogens is 1. The molecule has 7 nitrogen and oxygen atoms in total. The molecule has 16 heavy (non-hydrogen) atoms. The Labute approximate surface area is 90.9 Å². The molecule has 0 aliphatic heterocycles. The number of rotatable bonds is 3. The summed E-state index contributed by atoms with van der Waals surface area (Å²) in [5.74, 6) is 0.566. The fourth-order valence-electron chi connectivity index (χ4n) is 1.45. The lowest BCUT2D eigenvalue weighted by molar-refractivity contribution is 0.160. The standard InChI is InChI=1S/C9H13N5O2/c1-5-4-7(16)14-9(11-5)12-8(13-14)6(15)2-3-10/h4,6,15H,2-3,10H2,1H3,(H,11,12,13). The van der Waals surface area contributed by atoms with Crippen LogP contribution in [0.3, 0.4) is 0 Å². The molecule has 1 atom stereocenters. The molecular weight excluding hydrogens is 210 g/mol. The zero-order chi connectivity index (χ0) is 11.7. The Morgan fingerprint density at radius 2 is 2.38 bits per heavy atom. The van der Waals surface area contributed by atoms with Gasteiger partial charge in [0, 0.05) is 11.8 Å². The van der Waals surface area contributed by atoms with E-state index in [1.165, 1.54) is 10.6 Å². The lowest BCUT2D eigenvalue weighted by Gasteiger charge is -2.02. The zero-order valence-corrected chi connectivity index (χ0v) is 8.84. The van der Waals surface area contributed by atoms with Gasteiger partial charge in [0.15, 0.2) is 5.82 Å². The van der Waals surface area contributed by atoms with Crippen LogP contribution in [0.4, 0.5) is 0 Å². The van der Waals surface area contributed by atoms with Gasteiger partial charge in [-0.2, -0.15) is 9.50 Å². The highest BCUT2D eigenvalue weighted by molar-refractivity contribution is 5.27. The minimum Gasteiger partial charge on any atom is -0.385 e. The van der Waals surface area contributed by atoms with Gasteiger partial charge in [-0.3, -0.25) is 9.89 Å². The van der Waals surface area contributed by atoms with E-state index < -0.39 is 6.10 Å². The summed E-state index contributed by atoms with van der Waals surface area (Å²) >= 11 is 0. The first-order valence-electron chi connectivity index (χ1n) is 4.96. The van der Waals surface area contributed by atoms with Crippen molar-refractivity contribution < 1.29 is 5.11 Å². The summed E-state index contributed by atoms with van der Waals surface area (Å²) in [5, 5.41) is 12.4. The highest BCUT2D eigenvalue weighted by Gasteiger charge is 2.13. The summed E-state index contributed by atoms with van der Waals surface area (Å²) < 4.78 is 1.20. The van der Waals surface area contributed by atoms with E-state index in [9.17, 15) is 9.90 Å². The first-order chi connectivity index (χ1) is 7.61. The van der Waals surface area contributed by atoms with Crippen molar-refractivity contribution >= 4 is 5.78 Å². The normalized spacial score (nSPS) is 13.2. The summed E-state index contributed by atoms with van der Waals surface area (Å²) in [5.41, 5.74) is 5.67. The van der Waals surface area contributed by atoms with Gasteiger partial charge in [0.25, 0.3) is 11.3 Å². The average molecular weight is 223 g/mol. The monoisotopic (exact) mass is 223 g/mol. The van der Waals surface area contributed by atoms with E-state index in [-0.39, 0.29) is 11.3 Å². The van der Waals surface area contributed by atoms with Gasteiger partial charge < -0.3 is 10.8 Å². The molecule has 4 N–H and O–H groups in total. The fourth-order valence-corrected chi connectivity index (χ4v) is 1.45. The van der Waals surface area contributed by atoms with Crippen molar-refractivity contribution in [3.05, 3.63) is 27.9 Å². The maximum atomic E-state index is 11.5. The predicted molar refractivity (Wildman–Crippen MR) is 57.0 cm³/mol. The molecule has 0 saturated heterocycles. The number of aromatic amines is 1. The molecule has 2 aromatic heterocycles. The van der Waals surface area contributed by atoms with Crippen LogP contribution in [0.25, 0.3) is 5.78 Å². The predicted octanol–water partition coefficient (Wildman–Crippen LogP) is -0.892. The fraction of sp³-hybridized carbons (Fsp3) is 0.444. The Hall–Kier alpha value is -1.73. The third-order valence-corrected chi connectivity index (χ3v) is 2.23. The molecule has 0 spiro atoms. The Kier molecular flexibility index (Phi) is 2.71. The van der Waals surface area contributed by atoms with Gasteiger partial charge in [-0.25, -0.2) is 4.98 Å². The maximum Gasteiger partial charge on any atom is 0.274 e. The molecule has 0 radical (unpaired) electrons. The molecule has 0 amide bonds. The molecule has 0 aliphatic rings. The first-order valence-corrected chi connectivity index (χ1v) is 4.96. The molecule has 0 bridgehead atoms. The third kappa shape index (κ3) is 1.82. The topological polar surface area (TPSA) is 109 Å². The molecule has 0 fully saturated rings. The van der Waals surface area contributed by atoms with Gasteiger partial charge in [0.1, 0.15) is 6.10 Å². The van der Waals surface area contributed by atoms with Crippen molar-refractivity contribution in [2.24, 2.45) is 5.73 Å². The lowest BCUT2D eigenvalue weighted by atomic mass is 10.2. The van der Waals surface area contributed by atoms with Crippen LogP contribution in [-0.2, 0) is 0 Å². The van der Waals surface area contributed by atoms with Crippen molar-refractivity contribution in [1.82, 2.24) is 19.6 Å². The minimum atomic E-state index is -0.800. The van der Waals surface area contributed by atoms with Gasteiger partial charge in [0.05, 0.1) is 0 Å².